The van der Waals surface area contributed by atoms with Crippen LogP contribution >= 0.6 is 0 Å². The van der Waals surface area contributed by atoms with Gasteiger partial charge < -0.3 is 15.3 Å². The summed E-state index contributed by atoms with van der Waals surface area (Å²) in [6.45, 7) is 2.05. The molecule has 0 bridgehead atoms. The Morgan fingerprint density at radius 3 is 3.06 bits per heavy atom. The molecule has 2 rings (SSSR count). The van der Waals surface area contributed by atoms with Gasteiger partial charge in [-0.1, -0.05) is 6.07 Å². The minimum Gasteiger partial charge on any atom is -0.507 e. The summed E-state index contributed by atoms with van der Waals surface area (Å²) in [5.41, 5.74) is -0.220. The van der Waals surface area contributed by atoms with Crippen LogP contribution in [-0.4, -0.2) is 42.6 Å². The highest BCUT2D eigenvalue weighted by atomic mass is 19.1. The molecular formula is C13H17FN2O2. The van der Waals surface area contributed by atoms with Gasteiger partial charge in [0.15, 0.2) is 0 Å². The van der Waals surface area contributed by atoms with Gasteiger partial charge in [0.1, 0.15) is 17.1 Å². The maximum Gasteiger partial charge on any atom is 0.260 e. The molecule has 1 saturated heterocycles. The monoisotopic (exact) mass is 252 g/mol. The van der Waals surface area contributed by atoms with Gasteiger partial charge in [-0.2, -0.15) is 0 Å². The van der Waals surface area contributed by atoms with Crippen molar-refractivity contribution < 1.29 is 14.3 Å². The largest absolute Gasteiger partial charge is 0.507 e. The van der Waals surface area contributed by atoms with Crippen LogP contribution in [0, 0.1) is 11.7 Å². The molecule has 1 aliphatic rings. The molecule has 0 aromatic heterocycles. The van der Waals surface area contributed by atoms with Crippen LogP contribution in [0.5, 0.6) is 5.75 Å². The van der Waals surface area contributed by atoms with Gasteiger partial charge in [0, 0.05) is 13.1 Å². The van der Waals surface area contributed by atoms with E-state index in [1.807, 2.05) is 7.05 Å². The van der Waals surface area contributed by atoms with Crippen LogP contribution in [0.4, 0.5) is 4.39 Å². The molecule has 1 aromatic carbocycles. The van der Waals surface area contributed by atoms with Gasteiger partial charge in [0.25, 0.3) is 5.91 Å². The summed E-state index contributed by atoms with van der Waals surface area (Å²) in [6, 6.07) is 3.90. The average Bonchev–Trinajstić information content (AvgIpc) is 2.78. The maximum absolute atomic E-state index is 13.6. The summed E-state index contributed by atoms with van der Waals surface area (Å²) in [5, 5.41) is 12.7. The number of likely N-dealkylation sites (tertiary alicyclic amines) is 1. The highest BCUT2D eigenvalue weighted by Crippen LogP contribution is 2.25. The van der Waals surface area contributed by atoms with E-state index in [9.17, 15) is 14.3 Å². The molecule has 1 fully saturated rings. The maximum atomic E-state index is 13.6. The number of benzene rings is 1. The lowest BCUT2D eigenvalue weighted by Gasteiger charge is -2.17. The molecule has 1 aromatic rings. The molecule has 1 amide bonds. The van der Waals surface area contributed by atoms with E-state index in [2.05, 4.69) is 5.32 Å². The molecule has 18 heavy (non-hydrogen) atoms. The fraction of sp³-hybridized carbons (Fsp3) is 0.462. The zero-order valence-corrected chi connectivity index (χ0v) is 10.3. The molecule has 5 heteroatoms. The fourth-order valence-corrected chi connectivity index (χ4v) is 2.35. The SMILES string of the molecule is CNCC1CCN(C(=O)c2c(O)cccc2F)C1. The lowest BCUT2D eigenvalue weighted by atomic mass is 10.1. The number of phenols is 1. The quantitative estimate of drug-likeness (QED) is 0.850. The van der Waals surface area contributed by atoms with Crippen molar-refractivity contribution in [2.45, 2.75) is 6.42 Å². The second kappa shape index (κ2) is 5.35. The summed E-state index contributed by atoms with van der Waals surface area (Å²) in [7, 11) is 1.87. The summed E-state index contributed by atoms with van der Waals surface area (Å²) in [5.74, 6) is -0.994. The number of hydrogen-bond donors (Lipinski definition) is 2. The minimum atomic E-state index is -0.669. The molecule has 4 nitrogen and oxygen atoms in total. The predicted octanol–water partition coefficient (Wildman–Crippen LogP) is 1.21. The first-order valence-corrected chi connectivity index (χ1v) is 6.05. The van der Waals surface area contributed by atoms with Crippen LogP contribution in [0.3, 0.4) is 0 Å². The number of hydrogen-bond acceptors (Lipinski definition) is 3. The van der Waals surface area contributed by atoms with Crippen LogP contribution < -0.4 is 5.32 Å². The van der Waals surface area contributed by atoms with Crippen LogP contribution in [0.25, 0.3) is 0 Å². The second-order valence-electron chi connectivity index (χ2n) is 4.60. The molecule has 1 aliphatic heterocycles. The Morgan fingerprint density at radius 1 is 1.61 bits per heavy atom. The Balaban J connectivity index is 2.13. The standard InChI is InChI=1S/C13H17FN2O2/c1-15-7-9-5-6-16(8-9)13(18)12-10(14)3-2-4-11(12)17/h2-4,9,15,17H,5-8H2,1H3. The lowest BCUT2D eigenvalue weighted by molar-refractivity contribution is 0.0779. The third-order valence-electron chi connectivity index (χ3n) is 3.27. The number of phenolic OH excluding ortho intramolecular Hbond substituents is 1. The van der Waals surface area contributed by atoms with Crippen molar-refractivity contribution in [2.75, 3.05) is 26.7 Å². The van der Waals surface area contributed by atoms with Gasteiger partial charge in [0.05, 0.1) is 0 Å². The Kier molecular flexibility index (Phi) is 3.81. The van der Waals surface area contributed by atoms with Gasteiger partial charge in [-0.05, 0) is 38.1 Å². The second-order valence-corrected chi connectivity index (χ2v) is 4.60. The van der Waals surface area contributed by atoms with Gasteiger partial charge in [-0.25, -0.2) is 4.39 Å². The van der Waals surface area contributed by atoms with E-state index in [0.29, 0.717) is 19.0 Å². The van der Waals surface area contributed by atoms with Crippen molar-refractivity contribution in [3.8, 4) is 5.75 Å². The third-order valence-corrected chi connectivity index (χ3v) is 3.27. The topological polar surface area (TPSA) is 52.6 Å². The summed E-state index contributed by atoms with van der Waals surface area (Å²) >= 11 is 0. The average molecular weight is 252 g/mol. The highest BCUT2D eigenvalue weighted by molar-refractivity contribution is 5.97. The van der Waals surface area contributed by atoms with Gasteiger partial charge in [0.2, 0.25) is 0 Å². The van der Waals surface area contributed by atoms with Crippen molar-refractivity contribution in [3.63, 3.8) is 0 Å². The van der Waals surface area contributed by atoms with Crippen molar-refractivity contribution >= 4 is 5.91 Å². The van der Waals surface area contributed by atoms with Crippen molar-refractivity contribution in [1.82, 2.24) is 10.2 Å². The van der Waals surface area contributed by atoms with Gasteiger partial charge in [-0.3, -0.25) is 4.79 Å². The molecule has 1 unspecified atom stereocenters. The molecule has 0 saturated carbocycles. The highest BCUT2D eigenvalue weighted by Gasteiger charge is 2.29. The summed E-state index contributed by atoms with van der Waals surface area (Å²) in [4.78, 5) is 13.7. The van der Waals surface area contributed by atoms with E-state index in [0.717, 1.165) is 13.0 Å². The van der Waals surface area contributed by atoms with E-state index >= 15 is 0 Å². The number of nitrogens with one attached hydrogen (secondary N) is 1. The first kappa shape index (κ1) is 12.8. The summed E-state index contributed by atoms with van der Waals surface area (Å²) < 4.78 is 13.6. The molecule has 0 spiro atoms. The smallest absolute Gasteiger partial charge is 0.260 e. The van der Waals surface area contributed by atoms with Crippen molar-refractivity contribution in [1.29, 1.82) is 0 Å². The van der Waals surface area contributed by atoms with Crippen molar-refractivity contribution in [2.24, 2.45) is 5.92 Å². The zero-order chi connectivity index (χ0) is 13.1. The Morgan fingerprint density at radius 2 is 2.39 bits per heavy atom. The van der Waals surface area contributed by atoms with E-state index in [4.69, 9.17) is 0 Å². The van der Waals surface area contributed by atoms with Gasteiger partial charge in [-0.15, -0.1) is 0 Å². The van der Waals surface area contributed by atoms with E-state index in [-0.39, 0.29) is 11.3 Å². The molecular weight excluding hydrogens is 235 g/mol. The molecule has 1 atom stereocenters. The fourth-order valence-electron chi connectivity index (χ4n) is 2.35. The lowest BCUT2D eigenvalue weighted by Crippen LogP contribution is -2.31. The summed E-state index contributed by atoms with van der Waals surface area (Å²) in [6.07, 6.45) is 0.905. The molecule has 1 heterocycles. The van der Waals surface area contributed by atoms with Crippen LogP contribution in [0.15, 0.2) is 18.2 Å². The number of carbonyl (C=O) groups excluding carboxylic acids is 1. The Hall–Kier alpha value is -1.62. The predicted molar refractivity (Wildman–Crippen MR) is 66.0 cm³/mol. The number of aromatic hydroxyl groups is 1. The van der Waals surface area contributed by atoms with Crippen molar-refractivity contribution in [3.05, 3.63) is 29.6 Å². The van der Waals surface area contributed by atoms with Crippen LogP contribution in [0.2, 0.25) is 0 Å². The van der Waals surface area contributed by atoms with E-state index in [1.54, 1.807) is 4.90 Å². The zero-order valence-electron chi connectivity index (χ0n) is 10.3. The number of rotatable bonds is 3. The molecule has 0 radical (unpaired) electrons. The molecule has 0 aliphatic carbocycles. The normalized spacial score (nSPS) is 19.2. The first-order valence-electron chi connectivity index (χ1n) is 6.05. The minimum absolute atomic E-state index is 0.220. The number of halogens is 1. The Labute approximate surface area is 105 Å². The Bertz CT molecular complexity index is 430. The van der Waals surface area contributed by atoms with Gasteiger partial charge >= 0.3 is 0 Å². The third kappa shape index (κ3) is 2.46. The number of nitrogens with zero attached hydrogens (tertiary/aromatic N) is 1. The molecule has 98 valence electrons. The molecule has 2 N–H and O–H groups in total. The van der Waals surface area contributed by atoms with E-state index < -0.39 is 11.7 Å². The first-order chi connectivity index (χ1) is 8.63. The number of amides is 1. The van der Waals surface area contributed by atoms with Crippen LogP contribution in [-0.2, 0) is 0 Å². The van der Waals surface area contributed by atoms with Crippen LogP contribution in [0.1, 0.15) is 16.8 Å². The van der Waals surface area contributed by atoms with E-state index in [1.165, 1.54) is 18.2 Å². The number of carbonyl (C=O) groups is 1.